The third-order valence-electron chi connectivity index (χ3n) is 4.93. The lowest BCUT2D eigenvalue weighted by Crippen LogP contribution is -2.41. The summed E-state index contributed by atoms with van der Waals surface area (Å²) in [5.74, 6) is 2.39. The van der Waals surface area contributed by atoms with Gasteiger partial charge in [-0.2, -0.15) is 0 Å². The van der Waals surface area contributed by atoms with E-state index in [-0.39, 0.29) is 0 Å². The van der Waals surface area contributed by atoms with Gasteiger partial charge in [0.1, 0.15) is 0 Å². The molecule has 0 amide bonds. The van der Waals surface area contributed by atoms with Crippen LogP contribution < -0.4 is 0 Å². The van der Waals surface area contributed by atoms with E-state index < -0.39 is 8.32 Å². The number of hydrogen-bond donors (Lipinski definition) is 0. The van der Waals surface area contributed by atoms with Crippen LogP contribution in [0.5, 0.6) is 0 Å². The van der Waals surface area contributed by atoms with Crippen molar-refractivity contribution in [3.8, 4) is 0 Å². The van der Waals surface area contributed by atoms with Gasteiger partial charge in [-0.1, -0.05) is 61.3 Å². The van der Waals surface area contributed by atoms with Crippen LogP contribution in [-0.2, 0) is 4.43 Å². The standard InChI is InChI=1S/C18H40OSi/c1-10-11-15(2)12-16(3)13-17(4)14-19-20(8,9)18(5,6)7/h15-17H,10-14H2,1-9H3/t15-,16-,17-/m0/s1. The lowest BCUT2D eigenvalue weighted by Gasteiger charge is -2.37. The first kappa shape index (κ1) is 20.2. The van der Waals surface area contributed by atoms with E-state index >= 15 is 0 Å². The van der Waals surface area contributed by atoms with Crippen molar-refractivity contribution in [2.24, 2.45) is 17.8 Å². The van der Waals surface area contributed by atoms with Crippen LogP contribution in [0.25, 0.3) is 0 Å². The molecular weight excluding hydrogens is 260 g/mol. The van der Waals surface area contributed by atoms with E-state index in [1.807, 2.05) is 0 Å². The second-order valence-electron chi connectivity index (χ2n) is 8.65. The van der Waals surface area contributed by atoms with E-state index in [1.165, 1.54) is 25.7 Å². The predicted octanol–water partition coefficient (Wildman–Crippen LogP) is 6.50. The average Bonchev–Trinajstić information content (AvgIpc) is 2.24. The molecule has 0 rings (SSSR count). The van der Waals surface area contributed by atoms with Crippen molar-refractivity contribution in [1.82, 2.24) is 0 Å². The fourth-order valence-corrected chi connectivity index (χ4v) is 3.85. The maximum Gasteiger partial charge on any atom is 0.191 e. The molecule has 0 N–H and O–H groups in total. The molecular formula is C18H40OSi. The lowest BCUT2D eigenvalue weighted by atomic mass is 9.88. The Labute approximate surface area is 130 Å². The van der Waals surface area contributed by atoms with Gasteiger partial charge in [0.2, 0.25) is 0 Å². The smallest absolute Gasteiger partial charge is 0.191 e. The topological polar surface area (TPSA) is 9.23 Å². The second kappa shape index (κ2) is 8.58. The first-order valence-electron chi connectivity index (χ1n) is 8.63. The molecule has 0 aliphatic rings. The summed E-state index contributed by atoms with van der Waals surface area (Å²) in [6.07, 6.45) is 5.37. The Kier molecular flexibility index (Phi) is 8.65. The molecule has 0 heterocycles. The summed E-state index contributed by atoms with van der Waals surface area (Å²) >= 11 is 0. The van der Waals surface area contributed by atoms with Gasteiger partial charge in [0.25, 0.3) is 0 Å². The van der Waals surface area contributed by atoms with Gasteiger partial charge in [-0.05, 0) is 48.7 Å². The minimum atomic E-state index is -1.56. The molecule has 122 valence electrons. The molecule has 0 unspecified atom stereocenters. The van der Waals surface area contributed by atoms with E-state index in [1.54, 1.807) is 0 Å². The Bertz CT molecular complexity index is 255. The Morgan fingerprint density at radius 1 is 0.900 bits per heavy atom. The zero-order valence-corrected chi connectivity index (χ0v) is 16.7. The first-order valence-corrected chi connectivity index (χ1v) is 11.5. The molecule has 0 aromatic carbocycles. The van der Waals surface area contributed by atoms with Crippen LogP contribution in [0.4, 0.5) is 0 Å². The lowest BCUT2D eigenvalue weighted by molar-refractivity contribution is 0.209. The van der Waals surface area contributed by atoms with Crippen LogP contribution in [0.1, 0.15) is 74.1 Å². The van der Waals surface area contributed by atoms with Gasteiger partial charge in [0.15, 0.2) is 8.32 Å². The van der Waals surface area contributed by atoms with Crippen molar-refractivity contribution < 1.29 is 4.43 Å². The SMILES string of the molecule is CCC[C@H](C)C[C@H](C)C[C@H](C)CO[Si](C)(C)C(C)(C)C. The van der Waals surface area contributed by atoms with Gasteiger partial charge in [-0.3, -0.25) is 0 Å². The van der Waals surface area contributed by atoms with Gasteiger partial charge in [-0.15, -0.1) is 0 Å². The summed E-state index contributed by atoms with van der Waals surface area (Å²) in [6, 6.07) is 0. The Hall–Kier alpha value is 0.177. The Morgan fingerprint density at radius 2 is 1.40 bits per heavy atom. The zero-order valence-electron chi connectivity index (χ0n) is 15.7. The highest BCUT2D eigenvalue weighted by atomic mass is 28.4. The highest BCUT2D eigenvalue weighted by Gasteiger charge is 2.37. The highest BCUT2D eigenvalue weighted by Crippen LogP contribution is 2.37. The zero-order chi connectivity index (χ0) is 16.0. The molecule has 2 heteroatoms. The molecule has 0 saturated heterocycles. The van der Waals surface area contributed by atoms with Crippen LogP contribution in [-0.4, -0.2) is 14.9 Å². The van der Waals surface area contributed by atoms with Crippen LogP contribution >= 0.6 is 0 Å². The van der Waals surface area contributed by atoms with Gasteiger partial charge in [0, 0.05) is 6.61 Å². The van der Waals surface area contributed by atoms with E-state index in [0.29, 0.717) is 11.0 Å². The van der Waals surface area contributed by atoms with Crippen molar-refractivity contribution in [3.63, 3.8) is 0 Å². The van der Waals surface area contributed by atoms with Gasteiger partial charge >= 0.3 is 0 Å². The van der Waals surface area contributed by atoms with E-state index in [9.17, 15) is 0 Å². The van der Waals surface area contributed by atoms with Crippen LogP contribution in [0.2, 0.25) is 18.1 Å². The molecule has 0 spiro atoms. The van der Waals surface area contributed by atoms with Gasteiger partial charge in [0.05, 0.1) is 0 Å². The predicted molar refractivity (Wildman–Crippen MR) is 94.8 cm³/mol. The summed E-state index contributed by atoms with van der Waals surface area (Å²) in [5.41, 5.74) is 0. The quantitative estimate of drug-likeness (QED) is 0.442. The van der Waals surface area contributed by atoms with Gasteiger partial charge in [-0.25, -0.2) is 0 Å². The normalized spacial score (nSPS) is 17.9. The molecule has 20 heavy (non-hydrogen) atoms. The summed E-state index contributed by atoms with van der Waals surface area (Å²) < 4.78 is 6.35. The number of rotatable bonds is 9. The van der Waals surface area contributed by atoms with Crippen LogP contribution in [0.3, 0.4) is 0 Å². The molecule has 0 aliphatic heterocycles. The summed E-state index contributed by atoms with van der Waals surface area (Å²) in [6.45, 7) is 22.1. The third kappa shape index (κ3) is 7.83. The van der Waals surface area contributed by atoms with Gasteiger partial charge < -0.3 is 4.43 Å². The first-order chi connectivity index (χ1) is 8.99. The molecule has 0 saturated carbocycles. The average molecular weight is 301 g/mol. The largest absolute Gasteiger partial charge is 0.417 e. The summed E-state index contributed by atoms with van der Waals surface area (Å²) in [5, 5.41) is 0.327. The van der Waals surface area contributed by atoms with Crippen molar-refractivity contribution in [2.75, 3.05) is 6.61 Å². The van der Waals surface area contributed by atoms with Crippen molar-refractivity contribution >= 4 is 8.32 Å². The third-order valence-corrected chi connectivity index (χ3v) is 9.43. The molecule has 0 bridgehead atoms. The minimum Gasteiger partial charge on any atom is -0.417 e. The maximum atomic E-state index is 6.35. The molecule has 0 aromatic rings. The summed E-state index contributed by atoms with van der Waals surface area (Å²) in [4.78, 5) is 0. The molecule has 0 aliphatic carbocycles. The van der Waals surface area contributed by atoms with Crippen molar-refractivity contribution in [2.45, 2.75) is 92.3 Å². The Morgan fingerprint density at radius 3 is 1.85 bits per heavy atom. The number of hydrogen-bond acceptors (Lipinski definition) is 1. The molecule has 1 nitrogen and oxygen atoms in total. The maximum absolute atomic E-state index is 6.35. The summed E-state index contributed by atoms with van der Waals surface area (Å²) in [7, 11) is -1.56. The molecule has 0 aromatic heterocycles. The van der Waals surface area contributed by atoms with Crippen LogP contribution in [0.15, 0.2) is 0 Å². The van der Waals surface area contributed by atoms with E-state index in [4.69, 9.17) is 4.43 Å². The monoisotopic (exact) mass is 300 g/mol. The van der Waals surface area contributed by atoms with E-state index in [2.05, 4.69) is 61.6 Å². The molecule has 3 atom stereocenters. The molecule has 0 radical (unpaired) electrons. The fourth-order valence-electron chi connectivity index (χ4n) is 2.72. The van der Waals surface area contributed by atoms with Crippen molar-refractivity contribution in [3.05, 3.63) is 0 Å². The minimum absolute atomic E-state index is 0.327. The highest BCUT2D eigenvalue weighted by molar-refractivity contribution is 6.74. The van der Waals surface area contributed by atoms with Crippen LogP contribution in [0, 0.1) is 17.8 Å². The van der Waals surface area contributed by atoms with Crippen molar-refractivity contribution in [1.29, 1.82) is 0 Å². The van der Waals surface area contributed by atoms with E-state index in [0.717, 1.165) is 18.4 Å². The second-order valence-corrected chi connectivity index (χ2v) is 13.5. The molecule has 0 fully saturated rings. The fraction of sp³-hybridized carbons (Fsp3) is 1.00. The Balaban J connectivity index is 4.08.